The zero-order chi connectivity index (χ0) is 14.2. The summed E-state index contributed by atoms with van der Waals surface area (Å²) in [5.41, 5.74) is 0.932. The van der Waals surface area contributed by atoms with Gasteiger partial charge in [0.25, 0.3) is 0 Å². The molecule has 0 aliphatic heterocycles. The Hall–Kier alpha value is -0.790. The van der Waals surface area contributed by atoms with Crippen molar-refractivity contribution in [3.63, 3.8) is 0 Å². The molecule has 0 aliphatic rings. The molecule has 0 aliphatic carbocycles. The average molecular weight is 406 g/mol. The molecule has 0 spiro atoms. The number of hydrogen-bond donors (Lipinski definition) is 0. The lowest BCUT2D eigenvalue weighted by molar-refractivity contribution is 0.0972. The van der Waals surface area contributed by atoms with Crippen molar-refractivity contribution in [3.8, 4) is 0 Å². The van der Waals surface area contributed by atoms with Crippen LogP contribution >= 0.6 is 43.2 Å². The Balaban J connectivity index is 2.40. The number of aromatic nitrogens is 2. The van der Waals surface area contributed by atoms with Gasteiger partial charge < -0.3 is 0 Å². The highest BCUT2D eigenvalue weighted by Gasteiger charge is 2.16. The van der Waals surface area contributed by atoms with Crippen molar-refractivity contribution in [3.05, 3.63) is 47.1 Å². The molecule has 0 bridgehead atoms. The molecule has 19 heavy (non-hydrogen) atoms. The molecule has 0 amide bonds. The van der Waals surface area contributed by atoms with Gasteiger partial charge in [0.15, 0.2) is 5.78 Å². The van der Waals surface area contributed by atoms with Gasteiger partial charge in [0.05, 0.1) is 21.6 Å². The molecule has 0 radical (unpaired) electrons. The minimum Gasteiger partial charge on any atom is -0.291 e. The summed E-state index contributed by atoms with van der Waals surface area (Å²) in [6.07, 6.45) is 0. The van der Waals surface area contributed by atoms with E-state index in [1.807, 2.05) is 11.4 Å². The van der Waals surface area contributed by atoms with Crippen LogP contribution in [-0.4, -0.2) is 15.3 Å². The Labute approximate surface area is 130 Å². The molecule has 0 fully saturated rings. The van der Waals surface area contributed by atoms with Crippen LogP contribution in [0.2, 0.25) is 0 Å². The van der Waals surface area contributed by atoms with Crippen molar-refractivity contribution in [1.82, 2.24) is 9.55 Å². The zero-order valence-corrected chi connectivity index (χ0v) is 14.2. The molecule has 2 aromatic rings. The number of aryl methyl sites for hydroxylation is 1. The minimum absolute atomic E-state index is 0.00431. The van der Waals surface area contributed by atoms with Gasteiger partial charge in [-0.2, -0.15) is 4.98 Å². The maximum Gasteiger partial charge on any atom is 0.348 e. The summed E-state index contributed by atoms with van der Waals surface area (Å²) >= 11 is 8.05. The lowest BCUT2D eigenvalue weighted by atomic mass is 10.3. The summed E-state index contributed by atoms with van der Waals surface area (Å²) in [5, 5.41) is 1.83. The Bertz CT molecular complexity index is 706. The van der Waals surface area contributed by atoms with Crippen molar-refractivity contribution in [2.75, 3.05) is 0 Å². The molecule has 100 valence electrons. The summed E-state index contributed by atoms with van der Waals surface area (Å²) in [7, 11) is 0. The molecule has 0 aromatic carbocycles. The molecule has 2 rings (SSSR count). The molecule has 2 heterocycles. The van der Waals surface area contributed by atoms with Gasteiger partial charge in [0.1, 0.15) is 0 Å². The third-order valence-electron chi connectivity index (χ3n) is 2.71. The predicted molar refractivity (Wildman–Crippen MR) is 82.0 cm³/mol. The van der Waals surface area contributed by atoms with Crippen LogP contribution in [0.25, 0.3) is 0 Å². The number of ketones is 1. The van der Waals surface area contributed by atoms with E-state index >= 15 is 0 Å². The quantitative estimate of drug-likeness (QED) is 0.736. The molecule has 7 heteroatoms. The number of hydrogen-bond acceptors (Lipinski definition) is 4. The van der Waals surface area contributed by atoms with Gasteiger partial charge in [-0.15, -0.1) is 11.3 Å². The Morgan fingerprint density at radius 2 is 2.11 bits per heavy atom. The highest BCUT2D eigenvalue weighted by molar-refractivity contribution is 9.10. The number of halogens is 2. The highest BCUT2D eigenvalue weighted by Crippen LogP contribution is 2.24. The van der Waals surface area contributed by atoms with Crippen LogP contribution < -0.4 is 5.69 Å². The average Bonchev–Trinajstić information content (AvgIpc) is 2.78. The summed E-state index contributed by atoms with van der Waals surface area (Å²) in [4.78, 5) is 28.6. The number of Topliss-reactive ketones (excluding diaryl/α,β-unsaturated/α-hetero) is 1. The fourth-order valence-electron chi connectivity index (χ4n) is 1.67. The Morgan fingerprint density at radius 3 is 2.68 bits per heavy atom. The van der Waals surface area contributed by atoms with Gasteiger partial charge in [-0.25, -0.2) is 4.79 Å². The number of rotatable bonds is 3. The number of thiophene rings is 1. The van der Waals surface area contributed by atoms with Crippen molar-refractivity contribution in [2.45, 2.75) is 20.4 Å². The normalized spacial score (nSPS) is 10.7. The molecular formula is C12H10Br2N2O2S. The third-order valence-corrected chi connectivity index (χ3v) is 5.73. The van der Waals surface area contributed by atoms with E-state index in [1.54, 1.807) is 13.8 Å². The first-order chi connectivity index (χ1) is 8.91. The van der Waals surface area contributed by atoms with E-state index in [9.17, 15) is 9.59 Å². The fraction of sp³-hybridized carbons (Fsp3) is 0.250. The van der Waals surface area contributed by atoms with Crippen molar-refractivity contribution >= 4 is 49.0 Å². The monoisotopic (exact) mass is 404 g/mol. The summed E-state index contributed by atoms with van der Waals surface area (Å²) in [5.74, 6) is -0.107. The van der Waals surface area contributed by atoms with Crippen LogP contribution in [0.15, 0.2) is 25.2 Å². The van der Waals surface area contributed by atoms with Crippen molar-refractivity contribution in [2.24, 2.45) is 0 Å². The molecule has 0 saturated carbocycles. The van der Waals surface area contributed by atoms with Crippen LogP contribution in [0.4, 0.5) is 0 Å². The highest BCUT2D eigenvalue weighted by atomic mass is 79.9. The van der Waals surface area contributed by atoms with Crippen LogP contribution in [0.5, 0.6) is 0 Å². The number of nitrogens with zero attached hydrogens (tertiary/aromatic N) is 2. The van der Waals surface area contributed by atoms with E-state index in [0.29, 0.717) is 16.3 Å². The predicted octanol–water partition coefficient (Wildman–Crippen LogP) is 3.33. The van der Waals surface area contributed by atoms with Gasteiger partial charge in [0.2, 0.25) is 0 Å². The van der Waals surface area contributed by atoms with Gasteiger partial charge in [-0.05, 0) is 57.2 Å². The first kappa shape index (κ1) is 14.6. The molecule has 4 nitrogen and oxygen atoms in total. The van der Waals surface area contributed by atoms with Gasteiger partial charge in [0, 0.05) is 10.2 Å². The van der Waals surface area contributed by atoms with Gasteiger partial charge in [-0.1, -0.05) is 0 Å². The van der Waals surface area contributed by atoms with Crippen LogP contribution in [0, 0.1) is 13.8 Å². The second-order valence-electron chi connectivity index (χ2n) is 3.99. The van der Waals surface area contributed by atoms with Crippen LogP contribution in [-0.2, 0) is 6.54 Å². The number of carbonyl (C=O) groups is 1. The zero-order valence-electron chi connectivity index (χ0n) is 10.2. The maximum atomic E-state index is 12.2. The second-order valence-corrected chi connectivity index (χ2v) is 6.55. The molecule has 2 aromatic heterocycles. The molecule has 0 atom stereocenters. The van der Waals surface area contributed by atoms with Crippen molar-refractivity contribution < 1.29 is 4.79 Å². The van der Waals surface area contributed by atoms with E-state index in [4.69, 9.17) is 0 Å². The topological polar surface area (TPSA) is 52.0 Å². The molecule has 0 unspecified atom stereocenters. The molecule has 0 N–H and O–H groups in total. The lowest BCUT2D eigenvalue weighted by Crippen LogP contribution is -2.29. The minimum atomic E-state index is -0.403. The second kappa shape index (κ2) is 5.68. The summed E-state index contributed by atoms with van der Waals surface area (Å²) in [6.45, 7) is 3.53. The number of carbonyl (C=O) groups excluding carboxylic acids is 1. The van der Waals surface area contributed by atoms with Gasteiger partial charge in [-0.3, -0.25) is 9.36 Å². The van der Waals surface area contributed by atoms with E-state index in [2.05, 4.69) is 36.8 Å². The molecular weight excluding hydrogens is 396 g/mol. The van der Waals surface area contributed by atoms with Gasteiger partial charge >= 0.3 is 5.69 Å². The standard InChI is InChI=1S/C12H10Br2N2O2S/c1-6-10(14)7(2)16(12(18)15-6)5-9(17)11-8(13)3-4-19-11/h3-4H,5H2,1-2H3. The molecule has 0 saturated heterocycles. The van der Waals surface area contributed by atoms with E-state index in [-0.39, 0.29) is 12.3 Å². The Kier molecular flexibility index (Phi) is 4.37. The van der Waals surface area contributed by atoms with E-state index in [0.717, 1.165) is 8.95 Å². The van der Waals surface area contributed by atoms with Crippen LogP contribution in [0.3, 0.4) is 0 Å². The van der Waals surface area contributed by atoms with E-state index < -0.39 is 5.69 Å². The summed E-state index contributed by atoms with van der Waals surface area (Å²) in [6, 6.07) is 1.82. The largest absolute Gasteiger partial charge is 0.348 e. The van der Waals surface area contributed by atoms with Crippen LogP contribution in [0.1, 0.15) is 21.1 Å². The SMILES string of the molecule is Cc1nc(=O)n(CC(=O)c2sccc2Br)c(C)c1Br. The first-order valence-corrected chi connectivity index (χ1v) is 7.88. The van der Waals surface area contributed by atoms with E-state index in [1.165, 1.54) is 15.9 Å². The fourth-order valence-corrected chi connectivity index (χ4v) is 3.50. The smallest absolute Gasteiger partial charge is 0.291 e. The lowest BCUT2D eigenvalue weighted by Gasteiger charge is -2.11. The van der Waals surface area contributed by atoms with Crippen molar-refractivity contribution in [1.29, 1.82) is 0 Å². The maximum absolute atomic E-state index is 12.2. The Morgan fingerprint density at radius 1 is 1.42 bits per heavy atom. The third kappa shape index (κ3) is 2.88. The summed E-state index contributed by atoms with van der Waals surface area (Å²) < 4.78 is 2.89. The first-order valence-electron chi connectivity index (χ1n) is 5.41.